The monoisotopic (exact) mass is 272 g/mol. The van der Waals surface area contributed by atoms with Crippen LogP contribution in [0.25, 0.3) is 0 Å². The molecule has 0 aromatic rings. The summed E-state index contributed by atoms with van der Waals surface area (Å²) in [5.41, 5.74) is -0.550. The van der Waals surface area contributed by atoms with E-state index in [-0.39, 0.29) is 18.5 Å². The molecule has 110 valence electrons. The molecule has 0 radical (unpaired) electrons. The molecule has 0 aromatic heterocycles. The standard InChI is InChI=1S/C13H24N2O4/c1-9(16)14-10-5-6-15(8-11(17)7-10)12(18)19-13(2,3)4/h10-11,17H,5-8H2,1-4H3,(H,14,16)/t10-,11-/m1/s1. The highest BCUT2D eigenvalue weighted by Crippen LogP contribution is 2.16. The highest BCUT2D eigenvalue weighted by atomic mass is 16.6. The molecule has 1 saturated heterocycles. The van der Waals surface area contributed by atoms with Gasteiger partial charge in [-0.15, -0.1) is 0 Å². The molecule has 0 bridgehead atoms. The fourth-order valence-corrected chi connectivity index (χ4v) is 2.09. The molecule has 0 aliphatic carbocycles. The highest BCUT2D eigenvalue weighted by molar-refractivity contribution is 5.73. The van der Waals surface area contributed by atoms with Crippen LogP contribution in [0.1, 0.15) is 40.5 Å². The summed E-state index contributed by atoms with van der Waals surface area (Å²) in [5, 5.41) is 12.7. The van der Waals surface area contributed by atoms with E-state index in [1.165, 1.54) is 11.8 Å². The van der Waals surface area contributed by atoms with E-state index in [9.17, 15) is 14.7 Å². The Bertz CT molecular complexity index is 338. The van der Waals surface area contributed by atoms with E-state index < -0.39 is 17.8 Å². The van der Waals surface area contributed by atoms with E-state index in [2.05, 4.69) is 5.32 Å². The highest BCUT2D eigenvalue weighted by Gasteiger charge is 2.29. The van der Waals surface area contributed by atoms with Crippen molar-refractivity contribution in [1.29, 1.82) is 0 Å². The fraction of sp³-hybridized carbons (Fsp3) is 0.846. The van der Waals surface area contributed by atoms with Gasteiger partial charge in [-0.3, -0.25) is 4.79 Å². The van der Waals surface area contributed by atoms with Crippen molar-refractivity contribution in [3.63, 3.8) is 0 Å². The second-order valence-corrected chi connectivity index (χ2v) is 6.00. The van der Waals surface area contributed by atoms with Gasteiger partial charge in [-0.05, 0) is 33.6 Å². The lowest BCUT2D eigenvalue weighted by Crippen LogP contribution is -2.40. The quantitative estimate of drug-likeness (QED) is 0.743. The second-order valence-electron chi connectivity index (χ2n) is 6.00. The number of hydrogen-bond acceptors (Lipinski definition) is 4. The van der Waals surface area contributed by atoms with Crippen molar-refractivity contribution in [1.82, 2.24) is 10.2 Å². The molecular weight excluding hydrogens is 248 g/mol. The van der Waals surface area contributed by atoms with Gasteiger partial charge in [-0.1, -0.05) is 0 Å². The van der Waals surface area contributed by atoms with Crippen LogP contribution in [-0.2, 0) is 9.53 Å². The molecule has 0 spiro atoms. The summed E-state index contributed by atoms with van der Waals surface area (Å²) in [7, 11) is 0. The minimum atomic E-state index is -0.646. The molecule has 0 saturated carbocycles. The number of rotatable bonds is 1. The molecule has 2 atom stereocenters. The number of carbonyl (C=O) groups is 2. The number of amides is 2. The zero-order chi connectivity index (χ0) is 14.6. The first kappa shape index (κ1) is 15.8. The Hall–Kier alpha value is -1.30. The molecule has 0 aromatic carbocycles. The van der Waals surface area contributed by atoms with Gasteiger partial charge in [0, 0.05) is 26.1 Å². The molecule has 6 heteroatoms. The van der Waals surface area contributed by atoms with E-state index in [4.69, 9.17) is 4.74 Å². The van der Waals surface area contributed by atoms with Crippen molar-refractivity contribution in [2.24, 2.45) is 0 Å². The maximum atomic E-state index is 11.9. The average Bonchev–Trinajstić information content (AvgIpc) is 2.36. The summed E-state index contributed by atoms with van der Waals surface area (Å²) in [4.78, 5) is 24.5. The van der Waals surface area contributed by atoms with Gasteiger partial charge in [0.15, 0.2) is 0 Å². The first-order chi connectivity index (χ1) is 8.67. The third-order valence-electron chi connectivity index (χ3n) is 2.79. The van der Waals surface area contributed by atoms with Gasteiger partial charge in [-0.25, -0.2) is 4.79 Å². The summed E-state index contributed by atoms with van der Waals surface area (Å²) >= 11 is 0. The molecule has 6 nitrogen and oxygen atoms in total. The van der Waals surface area contributed by atoms with Gasteiger partial charge in [0.1, 0.15) is 5.60 Å². The largest absolute Gasteiger partial charge is 0.444 e. The topological polar surface area (TPSA) is 78.9 Å². The average molecular weight is 272 g/mol. The maximum Gasteiger partial charge on any atom is 0.410 e. The minimum Gasteiger partial charge on any atom is -0.444 e. The normalized spacial score (nSPS) is 24.6. The number of aliphatic hydroxyl groups is 1. The third-order valence-corrected chi connectivity index (χ3v) is 2.79. The van der Waals surface area contributed by atoms with Gasteiger partial charge in [0.05, 0.1) is 6.10 Å². The van der Waals surface area contributed by atoms with Crippen LogP contribution in [0.15, 0.2) is 0 Å². The predicted octanol–water partition coefficient (Wildman–Crippen LogP) is 0.883. The van der Waals surface area contributed by atoms with Gasteiger partial charge in [-0.2, -0.15) is 0 Å². The number of nitrogens with zero attached hydrogens (tertiary/aromatic N) is 1. The number of aliphatic hydroxyl groups excluding tert-OH is 1. The summed E-state index contributed by atoms with van der Waals surface area (Å²) in [5.74, 6) is -0.122. The van der Waals surface area contributed by atoms with Crippen LogP contribution in [0.5, 0.6) is 0 Å². The van der Waals surface area contributed by atoms with Crippen molar-refractivity contribution in [2.45, 2.75) is 58.3 Å². The van der Waals surface area contributed by atoms with Crippen LogP contribution < -0.4 is 5.32 Å². The Morgan fingerprint density at radius 2 is 2.00 bits per heavy atom. The van der Waals surface area contributed by atoms with Gasteiger partial charge >= 0.3 is 6.09 Å². The van der Waals surface area contributed by atoms with Crippen LogP contribution in [0, 0.1) is 0 Å². The predicted molar refractivity (Wildman–Crippen MR) is 70.7 cm³/mol. The lowest BCUT2D eigenvalue weighted by molar-refractivity contribution is -0.119. The van der Waals surface area contributed by atoms with Crippen molar-refractivity contribution in [2.75, 3.05) is 13.1 Å². The Balaban J connectivity index is 2.59. The smallest absolute Gasteiger partial charge is 0.410 e. The lowest BCUT2D eigenvalue weighted by atomic mass is 10.1. The van der Waals surface area contributed by atoms with Crippen molar-refractivity contribution in [3.8, 4) is 0 Å². The summed E-state index contributed by atoms with van der Waals surface area (Å²) < 4.78 is 5.29. The summed E-state index contributed by atoms with van der Waals surface area (Å²) in [6.07, 6.45) is 0.0104. The van der Waals surface area contributed by atoms with Crippen molar-refractivity contribution < 1.29 is 19.4 Å². The van der Waals surface area contributed by atoms with Gasteiger partial charge < -0.3 is 20.1 Å². The van der Waals surface area contributed by atoms with E-state index in [0.29, 0.717) is 19.4 Å². The van der Waals surface area contributed by atoms with Crippen molar-refractivity contribution >= 4 is 12.0 Å². The molecule has 1 fully saturated rings. The first-order valence-corrected chi connectivity index (χ1v) is 6.60. The van der Waals surface area contributed by atoms with Gasteiger partial charge in [0.2, 0.25) is 5.91 Å². The molecule has 1 aliphatic heterocycles. The first-order valence-electron chi connectivity index (χ1n) is 6.60. The van der Waals surface area contributed by atoms with Crippen molar-refractivity contribution in [3.05, 3.63) is 0 Å². The second kappa shape index (κ2) is 6.23. The third kappa shape index (κ3) is 5.92. The molecular formula is C13H24N2O4. The zero-order valence-corrected chi connectivity index (χ0v) is 12.1. The van der Waals surface area contributed by atoms with E-state index in [1.807, 2.05) is 0 Å². The van der Waals surface area contributed by atoms with E-state index >= 15 is 0 Å². The zero-order valence-electron chi connectivity index (χ0n) is 12.1. The Morgan fingerprint density at radius 1 is 1.37 bits per heavy atom. The Labute approximate surface area is 114 Å². The molecule has 19 heavy (non-hydrogen) atoms. The molecule has 2 amide bonds. The van der Waals surface area contributed by atoms with Crippen LogP contribution >= 0.6 is 0 Å². The number of carbonyl (C=O) groups excluding carboxylic acids is 2. The minimum absolute atomic E-state index is 0.0973. The number of ether oxygens (including phenoxy) is 1. The number of hydrogen-bond donors (Lipinski definition) is 2. The fourth-order valence-electron chi connectivity index (χ4n) is 2.09. The molecule has 2 N–H and O–H groups in total. The van der Waals surface area contributed by atoms with Crippen LogP contribution in [0.4, 0.5) is 4.79 Å². The van der Waals surface area contributed by atoms with Gasteiger partial charge in [0.25, 0.3) is 0 Å². The Morgan fingerprint density at radius 3 is 2.53 bits per heavy atom. The number of likely N-dealkylation sites (tertiary alicyclic amines) is 1. The SMILES string of the molecule is CC(=O)N[C@@H]1CCN(C(=O)OC(C)(C)C)C[C@H](O)C1. The number of β-amino-alcohol motifs (C(OH)–C–C–N with tert-alkyl or cyclic N) is 1. The van der Waals surface area contributed by atoms with E-state index in [1.54, 1.807) is 20.8 Å². The van der Waals surface area contributed by atoms with Crippen LogP contribution in [0.2, 0.25) is 0 Å². The lowest BCUT2D eigenvalue weighted by Gasteiger charge is -2.27. The summed E-state index contributed by atoms with van der Waals surface area (Å²) in [6, 6.07) is -0.0973. The molecule has 1 heterocycles. The number of nitrogens with one attached hydrogen (secondary N) is 1. The van der Waals surface area contributed by atoms with Crippen LogP contribution in [0.3, 0.4) is 0 Å². The maximum absolute atomic E-state index is 11.9. The van der Waals surface area contributed by atoms with E-state index in [0.717, 1.165) is 0 Å². The van der Waals surface area contributed by atoms with Crippen LogP contribution in [-0.4, -0.2) is 52.8 Å². The molecule has 0 unspecified atom stereocenters. The molecule has 1 rings (SSSR count). The molecule has 1 aliphatic rings. The Kier molecular flexibility index (Phi) is 5.17. The summed E-state index contributed by atoms with van der Waals surface area (Å²) in [6.45, 7) is 7.57.